The molecule has 5 rings (SSSR count). The quantitative estimate of drug-likeness (QED) is 0.0214. The zero-order chi connectivity index (χ0) is 97.5. The first-order valence-electron chi connectivity index (χ1n) is 50.4. The molecule has 5 fully saturated rings. The normalized spacial score (nSPS) is 28.5. The zero-order valence-corrected chi connectivity index (χ0v) is 82.5. The summed E-state index contributed by atoms with van der Waals surface area (Å²) in [5, 5.41) is 15.0. The molecule has 26 atom stereocenters. The van der Waals surface area contributed by atoms with E-state index in [4.69, 9.17) is 58.2 Å². The Bertz CT molecular complexity index is 3540. The lowest BCUT2D eigenvalue weighted by molar-refractivity contribution is -0.255. The number of hydrogen-bond donors (Lipinski definition) is 5. The summed E-state index contributed by atoms with van der Waals surface area (Å²) < 4.78 is 79.3. The summed E-state index contributed by atoms with van der Waals surface area (Å²) in [6, 6.07) is -1.02. The number of ketones is 5. The molecule has 5 aliphatic rings. The van der Waals surface area contributed by atoms with E-state index in [0.717, 1.165) is 0 Å². The highest BCUT2D eigenvalue weighted by Crippen LogP contribution is 2.42. The van der Waals surface area contributed by atoms with E-state index in [1.165, 1.54) is 34.6 Å². The van der Waals surface area contributed by atoms with Crippen LogP contribution in [0.3, 0.4) is 0 Å². The largest absolute Gasteiger partial charge is 0.463 e. The number of carbonyl (C=O) groups is 14. The second kappa shape index (κ2) is 62.1. The molecule has 0 aromatic rings. The molecule has 0 radical (unpaired) electrons. The zero-order valence-electron chi connectivity index (χ0n) is 83.5. The molecule has 0 aromatic heterocycles. The first-order valence-corrected chi connectivity index (χ1v) is 49.7. The van der Waals surface area contributed by atoms with Crippen molar-refractivity contribution in [2.75, 3.05) is 79.0 Å². The summed E-state index contributed by atoms with van der Waals surface area (Å²) in [5.74, 6) is -4.17. The van der Waals surface area contributed by atoms with Gasteiger partial charge in [0.1, 0.15) is 49.6 Å². The molecule has 4 heterocycles. The SMILES string of the molecule is [2H]C[C@@H]1C[C@@H](CC(=O)CCC(C)=O)CC1C(=O)CCCNC(=O)C(CCCCNC(=O)C(CCCCNC(=O)CCCCO[C@@H]1OC(COC(C)=O)[C@H](C)[C@H](C)C1C)CC(=O)CCCCO[C@@H]1OC(COC(C)=O)[C@H](C)[C@H](C)C1C)CC(=O)C(CCCCNC(=O)CCCCO[C@@H]1OC(COC(C)=O)[C@H](C)[C@H](C)C1C)NC(=O)CCCCO[C@@H]1OC(COC(C)=O)[C@H](C)[C@H](C)C1C. The first-order chi connectivity index (χ1) is 62.8. The van der Waals surface area contributed by atoms with Crippen molar-refractivity contribution in [1.29, 1.82) is 0 Å². The molecule has 0 aromatic carbocycles. The number of ether oxygens (including phenoxy) is 12. The lowest BCUT2D eigenvalue weighted by atomic mass is 9.79. The van der Waals surface area contributed by atoms with Crippen molar-refractivity contribution in [3.8, 4) is 0 Å². The lowest BCUT2D eigenvalue weighted by Gasteiger charge is -2.43. The highest BCUT2D eigenvalue weighted by molar-refractivity contribution is 5.93. The van der Waals surface area contributed by atoms with Crippen LogP contribution in [0.1, 0.15) is 319 Å². The Morgan fingerprint density at radius 2 is 0.695 bits per heavy atom. The van der Waals surface area contributed by atoms with Crippen LogP contribution in [0.25, 0.3) is 0 Å². The predicted octanol–water partition coefficient (Wildman–Crippen LogP) is 13.5. The highest BCUT2D eigenvalue weighted by Gasteiger charge is 2.45. The Morgan fingerprint density at radius 3 is 1.07 bits per heavy atom. The number of unbranched alkanes of at least 4 members (excludes halogenated alkanes) is 7. The maximum Gasteiger partial charge on any atom is 0.302 e. The summed E-state index contributed by atoms with van der Waals surface area (Å²) in [6.45, 7) is 34.8. The van der Waals surface area contributed by atoms with E-state index in [-0.39, 0.29) is 308 Å². The van der Waals surface area contributed by atoms with E-state index in [2.05, 4.69) is 110 Å². The van der Waals surface area contributed by atoms with Crippen molar-refractivity contribution in [3.63, 3.8) is 0 Å². The van der Waals surface area contributed by atoms with E-state index in [9.17, 15) is 67.1 Å². The second-order valence-electron chi connectivity index (χ2n) is 38.9. The van der Waals surface area contributed by atoms with Crippen molar-refractivity contribution in [2.45, 2.75) is 373 Å². The minimum Gasteiger partial charge on any atom is -0.463 e. The van der Waals surface area contributed by atoms with Gasteiger partial charge in [-0.05, 0) is 182 Å². The van der Waals surface area contributed by atoms with Gasteiger partial charge in [0.15, 0.2) is 30.9 Å². The molecule has 1 saturated carbocycles. The van der Waals surface area contributed by atoms with Gasteiger partial charge < -0.3 is 88.2 Å². The fourth-order valence-corrected chi connectivity index (χ4v) is 18.5. The Labute approximate surface area is 783 Å². The fraction of sp³-hybridized carbons (Fsp3) is 0.860. The number of nitrogens with one attached hydrogen (secondary N) is 5. The van der Waals surface area contributed by atoms with E-state index < -0.39 is 66.8 Å². The van der Waals surface area contributed by atoms with Crippen molar-refractivity contribution in [2.24, 2.45) is 101 Å². The van der Waals surface area contributed by atoms with Crippen molar-refractivity contribution in [3.05, 3.63) is 0 Å². The maximum absolute atomic E-state index is 15.0. The van der Waals surface area contributed by atoms with E-state index >= 15 is 0 Å². The summed E-state index contributed by atoms with van der Waals surface area (Å²) in [6.07, 6.45) is 6.84. The molecule has 4 saturated heterocycles. The molecular formula is C100H169N5O26. The van der Waals surface area contributed by atoms with Crippen LogP contribution in [0.4, 0.5) is 0 Å². The summed E-state index contributed by atoms with van der Waals surface area (Å²) in [7, 11) is 0. The Balaban J connectivity index is 1.26. The molecule has 131 heavy (non-hydrogen) atoms. The van der Waals surface area contributed by atoms with Crippen LogP contribution in [0.5, 0.6) is 0 Å². The Hall–Kier alpha value is -6.74. The minimum atomic E-state index is -1.02. The third-order valence-corrected chi connectivity index (χ3v) is 28.7. The van der Waals surface area contributed by atoms with Gasteiger partial charge in [-0.1, -0.05) is 103 Å². The molecule has 0 spiro atoms. The molecule has 5 N–H and O–H groups in total. The number of esters is 4. The van der Waals surface area contributed by atoms with Crippen LogP contribution in [0.2, 0.25) is 0 Å². The van der Waals surface area contributed by atoms with Crippen molar-refractivity contribution >= 4 is 82.3 Å². The number of Topliss-reactive ketones (excluding diaryl/α,β-unsaturated/α-hetero) is 5. The second-order valence-corrected chi connectivity index (χ2v) is 38.9. The van der Waals surface area contributed by atoms with Crippen LogP contribution in [0.15, 0.2) is 0 Å². The van der Waals surface area contributed by atoms with Gasteiger partial charge in [-0.25, -0.2) is 0 Å². The topological polar surface area (TPSA) is 410 Å². The van der Waals surface area contributed by atoms with Gasteiger partial charge in [0.25, 0.3) is 0 Å². The van der Waals surface area contributed by atoms with Gasteiger partial charge >= 0.3 is 23.9 Å². The summed E-state index contributed by atoms with van der Waals surface area (Å²) in [4.78, 5) is 183. The molecule has 31 heteroatoms. The third kappa shape index (κ3) is 43.0. The van der Waals surface area contributed by atoms with Gasteiger partial charge in [-0.3, -0.25) is 62.3 Å². The van der Waals surface area contributed by atoms with Crippen molar-refractivity contribution in [1.82, 2.24) is 26.6 Å². The Kier molecular flexibility index (Phi) is 53.6. The molecule has 12 unspecified atom stereocenters. The van der Waals surface area contributed by atoms with Crippen molar-refractivity contribution < 1.29 is 125 Å². The fourth-order valence-electron chi connectivity index (χ4n) is 18.5. The van der Waals surface area contributed by atoms with Crippen LogP contribution >= 0.6 is 0 Å². The first kappa shape index (κ1) is 113. The number of amides is 5. The van der Waals surface area contributed by atoms with E-state index in [0.29, 0.717) is 142 Å². The molecule has 5 amide bonds. The van der Waals surface area contributed by atoms with Crippen LogP contribution in [0, 0.1) is 101 Å². The summed E-state index contributed by atoms with van der Waals surface area (Å²) in [5.41, 5.74) is 0. The van der Waals surface area contributed by atoms with Gasteiger partial charge in [0.05, 0.1) is 30.5 Å². The number of hydrogen-bond acceptors (Lipinski definition) is 26. The van der Waals surface area contributed by atoms with E-state index in [1.807, 2.05) is 0 Å². The molecular weight excluding hydrogens is 1690 g/mol. The van der Waals surface area contributed by atoms with Gasteiger partial charge in [0, 0.05) is 187 Å². The Morgan fingerprint density at radius 1 is 0.344 bits per heavy atom. The molecule has 0 bridgehead atoms. The molecule has 1 aliphatic carbocycles. The minimum absolute atomic E-state index is 0.0220. The van der Waals surface area contributed by atoms with Gasteiger partial charge in [-0.2, -0.15) is 0 Å². The molecule has 31 nitrogen and oxygen atoms in total. The third-order valence-electron chi connectivity index (χ3n) is 28.7. The smallest absolute Gasteiger partial charge is 0.302 e. The van der Waals surface area contributed by atoms with Gasteiger partial charge in [-0.15, -0.1) is 0 Å². The predicted molar refractivity (Wildman–Crippen MR) is 491 cm³/mol. The number of carbonyl (C=O) groups excluding carboxylic acids is 14. The van der Waals surface area contributed by atoms with E-state index in [1.54, 1.807) is 0 Å². The average molecular weight is 1860 g/mol. The van der Waals surface area contributed by atoms with Crippen LogP contribution in [-0.2, 0) is 124 Å². The van der Waals surface area contributed by atoms with Crippen LogP contribution < -0.4 is 26.6 Å². The standard InChI is InChI=1S/C100H169N5O26/c1-61-52-79(53-83(112)43-42-62(2)106)54-84(61)86(113)38-33-47-104-96(119)81(56-87(114)85(105-94(117)41-25-32-51-123-100-74(14)66(6)70(10)91(131-100)60-127-78(18)110)37-21-28-45-102-93(116)40-24-31-50-122-99-73(13)65(5)69(9)90(130-99)59-126-77(17)109)35-20-27-46-103-95(118)80(55-82(111)36-22-29-48-120-97-71(11)63(3)67(7)88(128-97)57-124-75(15)107)34-19-26-44-101-92(115)39-23-30-49-121-98-72(12)64(4)68(8)89(129-98)58-125-76(16)108/h61,63-74,79-81,84-85,88-91,97-100H,19-60H2,1-18H3,(H,101,115)(H,102,116)(H,103,118)(H,104,119)(H,105,117)/t61-,63+,64+,65+,66+,67-,68-,69-,70-,71?,72?,73?,74?,79+,80?,81?,84?,85?,88?,89?,90?,91?,97-,98-,99-,100-/m1/s1/i1D. The molecule has 4 aliphatic heterocycles. The maximum atomic E-state index is 15.0. The summed E-state index contributed by atoms with van der Waals surface area (Å²) >= 11 is 0. The molecule has 750 valence electrons. The highest BCUT2D eigenvalue weighted by atomic mass is 16.7. The number of rotatable bonds is 65. The average Bonchev–Trinajstić information content (AvgIpc) is 1.19. The monoisotopic (exact) mass is 1860 g/mol. The van der Waals surface area contributed by atoms with Crippen LogP contribution in [-0.4, -0.2) is 217 Å². The lowest BCUT2D eigenvalue weighted by Crippen LogP contribution is -2.47. The van der Waals surface area contributed by atoms with Gasteiger partial charge in [0.2, 0.25) is 29.5 Å².